The first kappa shape index (κ1) is 25.4. The minimum atomic E-state index is 0. The summed E-state index contributed by atoms with van der Waals surface area (Å²) in [6.07, 6.45) is 7.83. The Morgan fingerprint density at radius 3 is 2.29 bits per heavy atom. The summed E-state index contributed by atoms with van der Waals surface area (Å²) in [6, 6.07) is 15.3. The first-order valence-electron chi connectivity index (χ1n) is 9.43. The van der Waals surface area contributed by atoms with Crippen molar-refractivity contribution in [3.63, 3.8) is 0 Å². The van der Waals surface area contributed by atoms with Gasteiger partial charge in [0.1, 0.15) is 0 Å². The number of fused-ring (bicyclic) bond motifs is 3. The van der Waals surface area contributed by atoms with Crippen LogP contribution in [0, 0.1) is 6.07 Å². The largest absolute Gasteiger partial charge is 3.00 e. The van der Waals surface area contributed by atoms with Crippen molar-refractivity contribution in [3.05, 3.63) is 82.5 Å². The van der Waals surface area contributed by atoms with E-state index in [9.17, 15) is 0 Å². The fourth-order valence-corrected chi connectivity index (χ4v) is 4.32. The Labute approximate surface area is 201 Å². The second kappa shape index (κ2) is 9.46. The minimum Gasteiger partial charge on any atom is -1.00 e. The molecule has 0 amide bonds. The second-order valence-corrected chi connectivity index (χ2v) is 8.72. The molecule has 0 nitrogen and oxygen atoms in total. The van der Waals surface area contributed by atoms with E-state index in [1.54, 1.807) is 0 Å². The Balaban J connectivity index is 0.00000131. The molecular weight excluding hydrogens is 462 g/mol. The van der Waals surface area contributed by atoms with Gasteiger partial charge in [0, 0.05) is 5.92 Å². The van der Waals surface area contributed by atoms with E-state index in [4.69, 9.17) is 0 Å². The summed E-state index contributed by atoms with van der Waals surface area (Å²) in [6.45, 7) is 11.5. The maximum absolute atomic E-state index is 3.90. The average molecular weight is 490 g/mol. The summed E-state index contributed by atoms with van der Waals surface area (Å²) in [5, 5.41) is 0. The molecule has 2 aromatic rings. The van der Waals surface area contributed by atoms with Gasteiger partial charge in [-0.1, -0.05) is 93.7 Å². The van der Waals surface area contributed by atoms with Gasteiger partial charge >= 0.3 is 26.2 Å². The number of halogens is 2. The molecule has 4 rings (SSSR count). The Hall–Kier alpha value is -0.617. The van der Waals surface area contributed by atoms with Crippen LogP contribution in [-0.2, 0) is 31.6 Å². The number of rotatable bonds is 2. The van der Waals surface area contributed by atoms with Crippen molar-refractivity contribution < 1.29 is 51.0 Å². The standard InChI is InChI=1S/C25H27.2ClH.Zr/c1-16(2)20-14-22-21(15-23(20)25(3,4)5)18-12-8-9-13-19(18)24(22)17-10-6-7-11-17;;;/h6-10,12-13,15-16,24H,11H2,1-5H3;2*1H;/q-1;;;+3/p-2. The van der Waals surface area contributed by atoms with Crippen molar-refractivity contribution in [2.24, 2.45) is 0 Å². The molecule has 28 heavy (non-hydrogen) atoms. The van der Waals surface area contributed by atoms with Crippen LogP contribution in [0.5, 0.6) is 0 Å². The van der Waals surface area contributed by atoms with Crippen molar-refractivity contribution >= 4 is 0 Å². The molecule has 0 saturated carbocycles. The molecule has 145 valence electrons. The Bertz CT molecular complexity index is 901. The molecule has 0 heterocycles. The van der Waals surface area contributed by atoms with Crippen LogP contribution in [0.4, 0.5) is 0 Å². The molecule has 3 heteroatoms. The van der Waals surface area contributed by atoms with Gasteiger partial charge in [0.25, 0.3) is 0 Å². The van der Waals surface area contributed by atoms with E-state index in [0.29, 0.717) is 11.8 Å². The molecular formula is C25H27Cl2Zr. The Morgan fingerprint density at radius 2 is 1.71 bits per heavy atom. The first-order valence-corrected chi connectivity index (χ1v) is 9.43. The number of hydrogen-bond acceptors (Lipinski definition) is 0. The fraction of sp³-hybridized carbons (Fsp3) is 0.360. The Morgan fingerprint density at radius 1 is 1.04 bits per heavy atom. The molecule has 0 aliphatic heterocycles. The van der Waals surface area contributed by atoms with E-state index in [1.807, 2.05) is 0 Å². The van der Waals surface area contributed by atoms with Gasteiger partial charge in [-0.15, -0.1) is 16.7 Å². The van der Waals surface area contributed by atoms with Crippen molar-refractivity contribution in [3.8, 4) is 11.1 Å². The average Bonchev–Trinajstić information content (AvgIpc) is 3.17. The summed E-state index contributed by atoms with van der Waals surface area (Å²) >= 11 is 0. The van der Waals surface area contributed by atoms with Gasteiger partial charge in [-0.3, -0.25) is 0 Å². The van der Waals surface area contributed by atoms with Crippen LogP contribution >= 0.6 is 0 Å². The van der Waals surface area contributed by atoms with Crippen LogP contribution in [0.25, 0.3) is 11.1 Å². The predicted octanol–water partition coefficient (Wildman–Crippen LogP) is 0.912. The minimum absolute atomic E-state index is 0. The van der Waals surface area contributed by atoms with Gasteiger partial charge in [0.05, 0.1) is 0 Å². The maximum Gasteiger partial charge on any atom is 3.00 e. The van der Waals surface area contributed by atoms with Gasteiger partial charge in [-0.05, 0) is 17.9 Å². The predicted molar refractivity (Wildman–Crippen MR) is 107 cm³/mol. The molecule has 1 unspecified atom stereocenters. The number of benzene rings is 2. The zero-order chi connectivity index (χ0) is 17.8. The van der Waals surface area contributed by atoms with E-state index in [1.165, 1.54) is 39.0 Å². The van der Waals surface area contributed by atoms with Crippen LogP contribution in [0.15, 0.2) is 54.1 Å². The summed E-state index contributed by atoms with van der Waals surface area (Å²) in [4.78, 5) is 0. The van der Waals surface area contributed by atoms with Crippen molar-refractivity contribution in [2.45, 2.75) is 58.3 Å². The van der Waals surface area contributed by atoms with Gasteiger partial charge in [-0.25, -0.2) is 0 Å². The van der Waals surface area contributed by atoms with Crippen LogP contribution in [0.3, 0.4) is 0 Å². The molecule has 2 aromatic carbocycles. The summed E-state index contributed by atoms with van der Waals surface area (Å²) in [7, 11) is 0. The van der Waals surface area contributed by atoms with Gasteiger partial charge in [0.2, 0.25) is 0 Å². The zero-order valence-corrected chi connectivity index (χ0v) is 21.2. The van der Waals surface area contributed by atoms with Gasteiger partial charge in [-0.2, -0.15) is 17.7 Å². The van der Waals surface area contributed by atoms with Crippen LogP contribution in [0.1, 0.15) is 75.1 Å². The zero-order valence-electron chi connectivity index (χ0n) is 17.2. The summed E-state index contributed by atoms with van der Waals surface area (Å²) < 4.78 is 0. The fourth-order valence-electron chi connectivity index (χ4n) is 4.32. The quantitative estimate of drug-likeness (QED) is 0.551. The van der Waals surface area contributed by atoms with Crippen LogP contribution < -0.4 is 24.8 Å². The van der Waals surface area contributed by atoms with Gasteiger partial charge in [0.15, 0.2) is 0 Å². The third-order valence-electron chi connectivity index (χ3n) is 5.55. The van der Waals surface area contributed by atoms with E-state index in [2.05, 4.69) is 89.2 Å². The van der Waals surface area contributed by atoms with E-state index < -0.39 is 0 Å². The normalized spacial score (nSPS) is 16.5. The topological polar surface area (TPSA) is 0 Å². The molecule has 0 fully saturated rings. The third-order valence-corrected chi connectivity index (χ3v) is 5.55. The third kappa shape index (κ3) is 4.28. The SMILES string of the molecule is CC(C)c1[c-]c2c(cc1C(C)(C)C)-c1ccccc1C2C1=CC=CC1.[Cl-].[Cl-].[Zr+3]. The molecule has 0 aromatic heterocycles. The molecule has 0 saturated heterocycles. The molecule has 2 aliphatic carbocycles. The summed E-state index contributed by atoms with van der Waals surface area (Å²) in [5.74, 6) is 0.854. The first-order chi connectivity index (χ1) is 11.9. The molecule has 0 bridgehead atoms. The van der Waals surface area contributed by atoms with Gasteiger partial charge < -0.3 is 24.8 Å². The number of hydrogen-bond donors (Lipinski definition) is 0. The van der Waals surface area contributed by atoms with E-state index in [-0.39, 0.29) is 56.4 Å². The van der Waals surface area contributed by atoms with E-state index in [0.717, 1.165) is 6.42 Å². The summed E-state index contributed by atoms with van der Waals surface area (Å²) in [5.41, 5.74) is 10.1. The van der Waals surface area contributed by atoms with Crippen LogP contribution in [0.2, 0.25) is 0 Å². The molecule has 1 atom stereocenters. The van der Waals surface area contributed by atoms with Crippen LogP contribution in [-0.4, -0.2) is 0 Å². The van der Waals surface area contributed by atoms with E-state index >= 15 is 0 Å². The van der Waals surface area contributed by atoms with Crippen molar-refractivity contribution in [1.29, 1.82) is 0 Å². The molecule has 1 radical (unpaired) electrons. The molecule has 2 aliphatic rings. The molecule has 0 spiro atoms. The van der Waals surface area contributed by atoms with Crippen molar-refractivity contribution in [1.82, 2.24) is 0 Å². The Kier molecular flexibility index (Phi) is 8.59. The smallest absolute Gasteiger partial charge is 1.00 e. The van der Waals surface area contributed by atoms with Crippen molar-refractivity contribution in [2.75, 3.05) is 0 Å². The number of allylic oxidation sites excluding steroid dienone is 4. The molecule has 0 N–H and O–H groups in total. The second-order valence-electron chi connectivity index (χ2n) is 8.72. The monoisotopic (exact) mass is 487 g/mol. The maximum atomic E-state index is 3.90.